The highest BCUT2D eigenvalue weighted by Crippen LogP contribution is 2.10. The van der Waals surface area contributed by atoms with Crippen molar-refractivity contribution in [2.24, 2.45) is 0 Å². The maximum Gasteiger partial charge on any atom is 0.436 e. The Bertz CT molecular complexity index is 808. The molecule has 188 valence electrons. The fourth-order valence-corrected chi connectivity index (χ4v) is 3.53. The number of hydrogen-bond acceptors (Lipinski definition) is 8. The number of imidazole rings is 2. The van der Waals surface area contributed by atoms with Gasteiger partial charge in [-0.25, -0.2) is 9.55 Å². The molecule has 1 N–H and O–H groups in total. The molecule has 0 amide bonds. The Balaban J connectivity index is 0.000000510. The summed E-state index contributed by atoms with van der Waals surface area (Å²) in [5.41, 5.74) is 0. The third kappa shape index (κ3) is 17.1. The van der Waals surface area contributed by atoms with Crippen LogP contribution in [-0.4, -0.2) is 64.8 Å². The predicted molar refractivity (Wildman–Crippen MR) is 133 cm³/mol. The number of nitro groups is 2. The average Bonchev–Trinajstić information content (AvgIpc) is 3.37. The molecule has 0 aromatic carbocycles. The van der Waals surface area contributed by atoms with E-state index in [9.17, 15) is 20.2 Å². The van der Waals surface area contributed by atoms with Gasteiger partial charge in [-0.15, -0.1) is 0 Å². The Morgan fingerprint density at radius 2 is 1.55 bits per heavy atom. The van der Waals surface area contributed by atoms with Gasteiger partial charge in [-0.05, 0) is 21.9 Å². The average molecular weight is 523 g/mol. The molecule has 2 heterocycles. The summed E-state index contributed by atoms with van der Waals surface area (Å²) in [7, 11) is -1.98. The van der Waals surface area contributed by atoms with Gasteiger partial charge in [0.15, 0.2) is 6.73 Å². The summed E-state index contributed by atoms with van der Waals surface area (Å²) in [5.74, 6) is -0.391. The van der Waals surface area contributed by atoms with Gasteiger partial charge in [0, 0.05) is 29.4 Å². The number of nitrogens with one attached hydrogen (secondary N) is 1. The molecular formula is C18H35ClN6O6Si2. The van der Waals surface area contributed by atoms with Gasteiger partial charge in [-0.1, -0.05) is 60.9 Å². The van der Waals surface area contributed by atoms with Gasteiger partial charge >= 0.3 is 11.9 Å². The molecule has 0 aliphatic carbocycles. The van der Waals surface area contributed by atoms with Crippen molar-refractivity contribution >= 4 is 39.6 Å². The van der Waals surface area contributed by atoms with Crippen LogP contribution in [0.25, 0.3) is 0 Å². The van der Waals surface area contributed by atoms with Crippen LogP contribution in [0.1, 0.15) is 0 Å². The molecule has 0 aliphatic heterocycles. The van der Waals surface area contributed by atoms with Crippen molar-refractivity contribution in [1.82, 2.24) is 19.5 Å². The Hall–Kier alpha value is -2.14. The highest BCUT2D eigenvalue weighted by Gasteiger charge is 2.15. The molecule has 0 radical (unpaired) electrons. The lowest BCUT2D eigenvalue weighted by atomic mass is 10.8. The van der Waals surface area contributed by atoms with Crippen LogP contribution in [0.5, 0.6) is 0 Å². The maximum atomic E-state index is 10.5. The summed E-state index contributed by atoms with van der Waals surface area (Å²) in [6.07, 6.45) is 5.68. The summed E-state index contributed by atoms with van der Waals surface area (Å²) in [5, 5.41) is 20.3. The van der Waals surface area contributed by atoms with Gasteiger partial charge in [-0.2, -0.15) is 0 Å². The number of aromatic amines is 1. The lowest BCUT2D eigenvalue weighted by Gasteiger charge is -2.14. The number of halogens is 1. The van der Waals surface area contributed by atoms with Gasteiger partial charge in [0.05, 0.1) is 6.20 Å². The molecule has 0 aliphatic rings. The van der Waals surface area contributed by atoms with E-state index in [1.54, 1.807) is 6.20 Å². The van der Waals surface area contributed by atoms with Crippen LogP contribution in [0.4, 0.5) is 11.9 Å². The van der Waals surface area contributed by atoms with Crippen molar-refractivity contribution in [2.75, 3.05) is 19.3 Å². The van der Waals surface area contributed by atoms with E-state index in [1.807, 2.05) is 0 Å². The Morgan fingerprint density at radius 3 is 1.94 bits per heavy atom. The summed E-state index contributed by atoms with van der Waals surface area (Å²) < 4.78 is 11.8. The standard InChI is InChI=1S/C9H17N3O3Si.C6H15ClOSi.C3H3N3O2/c1-16(2,3)7-6-15-8-11-5-4-10-9(11)12(13)14;1-9(2,3)5-4-8-6-7;7-6(8)3-4-1-2-5-3/h4-5H,6-8H2,1-3H3;4-6H2,1-3H3;1-2H,(H,4,5). The first-order chi connectivity index (χ1) is 15.3. The summed E-state index contributed by atoms with van der Waals surface area (Å²) in [6.45, 7) is 15.4. The number of aromatic nitrogens is 4. The maximum absolute atomic E-state index is 10.5. The van der Waals surface area contributed by atoms with Crippen LogP contribution in [0.2, 0.25) is 51.4 Å². The first-order valence-electron chi connectivity index (χ1n) is 10.3. The quantitative estimate of drug-likeness (QED) is 0.143. The van der Waals surface area contributed by atoms with Crippen molar-refractivity contribution in [3.63, 3.8) is 0 Å². The molecular weight excluding hydrogens is 488 g/mol. The second kappa shape index (κ2) is 15.7. The van der Waals surface area contributed by atoms with Crippen LogP contribution in [0.15, 0.2) is 24.8 Å². The SMILES string of the molecule is C[Si](C)(C)CCOCCl.C[Si](C)(C)CCOCn1ccnc1[N+](=O)[O-].O=[N+]([O-])c1ncc[nH]1. The second-order valence-electron chi connectivity index (χ2n) is 9.30. The normalized spacial score (nSPS) is 11.1. The second-order valence-corrected chi connectivity index (χ2v) is 20.8. The minimum absolute atomic E-state index is 0.173. The first-order valence-corrected chi connectivity index (χ1v) is 18.2. The monoisotopic (exact) mass is 522 g/mol. The number of H-pyrrole nitrogens is 1. The van der Waals surface area contributed by atoms with Gasteiger partial charge in [0.1, 0.15) is 24.7 Å². The van der Waals surface area contributed by atoms with Crippen LogP contribution in [0, 0.1) is 20.2 Å². The third-order valence-electron chi connectivity index (χ3n) is 3.81. The molecule has 2 aromatic rings. The van der Waals surface area contributed by atoms with Crippen LogP contribution >= 0.6 is 11.6 Å². The summed E-state index contributed by atoms with van der Waals surface area (Å²) in [6, 6.07) is 2.60. The largest absolute Gasteiger partial charge is 0.436 e. The molecule has 0 saturated carbocycles. The molecule has 12 nitrogen and oxygen atoms in total. The highest BCUT2D eigenvalue weighted by atomic mass is 35.5. The predicted octanol–water partition coefficient (Wildman–Crippen LogP) is 4.96. The molecule has 0 saturated heterocycles. The molecule has 2 aromatic heterocycles. The van der Waals surface area contributed by atoms with Crippen LogP contribution in [0.3, 0.4) is 0 Å². The molecule has 15 heteroatoms. The van der Waals surface area contributed by atoms with E-state index in [0.29, 0.717) is 12.7 Å². The van der Waals surface area contributed by atoms with E-state index in [2.05, 4.69) is 54.2 Å². The van der Waals surface area contributed by atoms with E-state index >= 15 is 0 Å². The number of hydrogen-bond donors (Lipinski definition) is 1. The lowest BCUT2D eigenvalue weighted by molar-refractivity contribution is -0.397. The first kappa shape index (κ1) is 30.9. The van der Waals surface area contributed by atoms with E-state index in [4.69, 9.17) is 21.1 Å². The molecule has 0 bridgehead atoms. The number of alkyl halides is 1. The minimum atomic E-state index is -1.10. The van der Waals surface area contributed by atoms with Crippen LogP contribution in [-0.2, 0) is 16.2 Å². The topological polar surface area (TPSA) is 151 Å². The Kier molecular flexibility index (Phi) is 14.6. The van der Waals surface area contributed by atoms with Gasteiger partial charge < -0.3 is 29.7 Å². The van der Waals surface area contributed by atoms with Crippen molar-refractivity contribution in [2.45, 2.75) is 58.1 Å². The highest BCUT2D eigenvalue weighted by molar-refractivity contribution is 6.76. The molecule has 33 heavy (non-hydrogen) atoms. The van der Waals surface area contributed by atoms with Crippen LogP contribution < -0.4 is 0 Å². The van der Waals surface area contributed by atoms with E-state index in [-0.39, 0.29) is 18.6 Å². The fraction of sp³-hybridized carbons (Fsp3) is 0.667. The summed E-state index contributed by atoms with van der Waals surface area (Å²) in [4.78, 5) is 28.6. The lowest BCUT2D eigenvalue weighted by Crippen LogP contribution is -2.22. The number of rotatable bonds is 11. The van der Waals surface area contributed by atoms with Crippen molar-refractivity contribution in [1.29, 1.82) is 0 Å². The van der Waals surface area contributed by atoms with E-state index < -0.39 is 26.0 Å². The minimum Gasteiger partial charge on any atom is -0.390 e. The van der Waals surface area contributed by atoms with Gasteiger partial charge in [-0.3, -0.25) is 0 Å². The number of ether oxygens (including phenoxy) is 2. The third-order valence-corrected chi connectivity index (χ3v) is 7.38. The van der Waals surface area contributed by atoms with Crippen molar-refractivity contribution in [3.05, 3.63) is 45.0 Å². The fourth-order valence-electron chi connectivity index (χ4n) is 1.91. The Morgan fingerprint density at radius 1 is 0.970 bits per heavy atom. The molecule has 0 atom stereocenters. The zero-order valence-corrected chi connectivity index (χ0v) is 22.9. The Labute approximate surface area is 201 Å². The van der Waals surface area contributed by atoms with Gasteiger partial charge in [0.2, 0.25) is 0 Å². The molecule has 2 rings (SSSR count). The molecule has 0 unspecified atom stereocenters. The molecule has 0 spiro atoms. The zero-order chi connectivity index (χ0) is 25.5. The van der Waals surface area contributed by atoms with Crippen molar-refractivity contribution in [3.8, 4) is 0 Å². The number of nitrogens with zero attached hydrogens (tertiary/aromatic N) is 5. The molecule has 0 fully saturated rings. The van der Waals surface area contributed by atoms with Crippen molar-refractivity contribution < 1.29 is 19.3 Å². The van der Waals surface area contributed by atoms with E-state index in [1.165, 1.54) is 29.2 Å². The smallest absolute Gasteiger partial charge is 0.390 e. The van der Waals surface area contributed by atoms with E-state index in [0.717, 1.165) is 12.7 Å². The van der Waals surface area contributed by atoms with Gasteiger partial charge in [0.25, 0.3) is 0 Å². The zero-order valence-electron chi connectivity index (χ0n) is 20.1. The summed E-state index contributed by atoms with van der Waals surface area (Å²) >= 11 is 5.32.